The molecule has 0 saturated heterocycles. The highest BCUT2D eigenvalue weighted by Gasteiger charge is 2.44. The Labute approximate surface area is 323 Å². The minimum Gasteiger partial charge on any atom is -0.445 e. The number of carbonyl (C=O) groups excluding carboxylic acids is 5. The van der Waals surface area contributed by atoms with Gasteiger partial charge in [-0.1, -0.05) is 36.4 Å². The van der Waals surface area contributed by atoms with E-state index in [0.29, 0.717) is 48.3 Å². The lowest BCUT2D eigenvalue weighted by Crippen LogP contribution is -2.47. The van der Waals surface area contributed by atoms with Gasteiger partial charge < -0.3 is 15.4 Å². The summed E-state index contributed by atoms with van der Waals surface area (Å²) in [6, 6.07) is 15.3. The van der Waals surface area contributed by atoms with E-state index in [2.05, 4.69) is 15.6 Å². The van der Waals surface area contributed by atoms with Crippen LogP contribution < -0.4 is 10.6 Å². The average molecular weight is 759 g/mol. The second kappa shape index (κ2) is 15.6. The Morgan fingerprint density at radius 3 is 2.52 bits per heavy atom. The van der Waals surface area contributed by atoms with Gasteiger partial charge in [0, 0.05) is 48.4 Å². The zero-order chi connectivity index (χ0) is 38.9. The standard InChI is InChI=1S/C43H43FN6O6/c1-2-27(14-15-45-43(55)56-24-25-6-4-3-5-7-25)34-18-29(44)22-47-40(34)36-23-49(48-39(36)28-8-9-28)31-16-26(17-31)21-46-30-10-12-33-35(19-30)42(54)50(41(33)53)37-13-11-32(51)20-38(37)52/h2-7,10,12,18-19,22-23,26,28,31,37,46H,8-9,11,13-17,20-21,24H2,1H3,(H,45,55)/b27-2+. The Balaban J connectivity index is 0.894. The van der Waals surface area contributed by atoms with E-state index < -0.39 is 29.8 Å². The number of fused-ring (bicyclic) bond motifs is 1. The highest BCUT2D eigenvalue weighted by molar-refractivity contribution is 6.24. The molecular weight excluding hydrogens is 716 g/mol. The molecule has 1 unspecified atom stereocenters. The Morgan fingerprint density at radius 2 is 1.77 bits per heavy atom. The van der Waals surface area contributed by atoms with Crippen LogP contribution in [0.4, 0.5) is 14.9 Å². The molecule has 2 N–H and O–H groups in total. The molecule has 2 aromatic carbocycles. The maximum absolute atomic E-state index is 14.7. The highest BCUT2D eigenvalue weighted by atomic mass is 19.1. The molecule has 56 heavy (non-hydrogen) atoms. The van der Waals surface area contributed by atoms with Gasteiger partial charge >= 0.3 is 6.09 Å². The number of ketones is 2. The van der Waals surface area contributed by atoms with E-state index in [-0.39, 0.29) is 54.6 Å². The quantitative estimate of drug-likeness (QED) is 0.108. The molecule has 1 atom stereocenters. The number of Topliss-reactive ketones (excluding diaryl/α,β-unsaturated/α-hetero) is 2. The Morgan fingerprint density at radius 1 is 0.982 bits per heavy atom. The van der Waals surface area contributed by atoms with Gasteiger partial charge in [0.1, 0.15) is 18.2 Å². The van der Waals surface area contributed by atoms with Crippen LogP contribution in [0.2, 0.25) is 0 Å². The normalized spacial score (nSPS) is 20.9. The van der Waals surface area contributed by atoms with Crippen molar-refractivity contribution in [2.24, 2.45) is 5.92 Å². The first-order chi connectivity index (χ1) is 27.2. The summed E-state index contributed by atoms with van der Waals surface area (Å²) in [7, 11) is 0. The van der Waals surface area contributed by atoms with Crippen LogP contribution in [0.25, 0.3) is 16.8 Å². The molecule has 3 saturated carbocycles. The SMILES string of the molecule is C/C=C(\CCNC(=O)OCc1ccccc1)c1cc(F)cnc1-c1cn(C2CC(CNc3ccc4c(c3)C(=O)N(C3CCC(=O)CC3=O)C4=O)C2)nc1C1CC1. The molecule has 0 spiro atoms. The lowest BCUT2D eigenvalue weighted by molar-refractivity contribution is -0.132. The summed E-state index contributed by atoms with van der Waals surface area (Å²) in [5.41, 5.74) is 6.20. The van der Waals surface area contributed by atoms with Crippen LogP contribution in [0.3, 0.4) is 0 Å². The molecule has 4 aromatic rings. The summed E-state index contributed by atoms with van der Waals surface area (Å²) in [5.74, 6) is -1.32. The van der Waals surface area contributed by atoms with Crippen molar-refractivity contribution >= 4 is 40.7 Å². The van der Waals surface area contributed by atoms with Gasteiger partial charge in [-0.15, -0.1) is 0 Å². The van der Waals surface area contributed by atoms with Gasteiger partial charge in [-0.05, 0) is 86.8 Å². The first kappa shape index (κ1) is 37.0. The Kier molecular flexibility index (Phi) is 10.3. The molecule has 3 amide bonds. The van der Waals surface area contributed by atoms with Crippen LogP contribution in [-0.2, 0) is 20.9 Å². The van der Waals surface area contributed by atoms with Crippen LogP contribution in [0.15, 0.2) is 73.1 Å². The first-order valence-electron chi connectivity index (χ1n) is 19.3. The summed E-state index contributed by atoms with van der Waals surface area (Å²) in [5, 5.41) is 11.3. The number of aromatic nitrogens is 3. The maximum Gasteiger partial charge on any atom is 0.407 e. The number of hydrogen-bond acceptors (Lipinski definition) is 9. The largest absolute Gasteiger partial charge is 0.445 e. The molecule has 3 heterocycles. The van der Waals surface area contributed by atoms with E-state index in [1.165, 1.54) is 12.3 Å². The lowest BCUT2D eigenvalue weighted by atomic mass is 9.80. The number of benzene rings is 2. The number of nitrogens with zero attached hydrogens (tertiary/aromatic N) is 4. The summed E-state index contributed by atoms with van der Waals surface area (Å²) in [6.07, 6.45) is 9.07. The molecule has 12 nitrogen and oxygen atoms in total. The second-order valence-electron chi connectivity index (χ2n) is 15.1. The smallest absolute Gasteiger partial charge is 0.407 e. The monoisotopic (exact) mass is 758 g/mol. The number of alkyl carbamates (subject to hydrolysis) is 1. The van der Waals surface area contributed by atoms with E-state index in [9.17, 15) is 28.4 Å². The molecule has 0 bridgehead atoms. The number of nitrogens with one attached hydrogen (secondary N) is 2. The van der Waals surface area contributed by atoms with Gasteiger partial charge in [0.05, 0.1) is 47.2 Å². The number of carbonyl (C=O) groups is 5. The number of ether oxygens (including phenoxy) is 1. The van der Waals surface area contributed by atoms with Crippen molar-refractivity contribution in [3.05, 3.63) is 107 Å². The summed E-state index contributed by atoms with van der Waals surface area (Å²) in [6.45, 7) is 3.03. The van der Waals surface area contributed by atoms with Gasteiger partial charge in [-0.3, -0.25) is 33.7 Å². The lowest BCUT2D eigenvalue weighted by Gasteiger charge is -2.35. The molecule has 8 rings (SSSR count). The average Bonchev–Trinajstić information content (AvgIpc) is 3.89. The number of allylic oxidation sites excluding steroid dienone is 1. The van der Waals surface area contributed by atoms with Crippen LogP contribution in [-0.4, -0.2) is 68.3 Å². The molecule has 1 aliphatic heterocycles. The van der Waals surface area contributed by atoms with Crippen LogP contribution in [0, 0.1) is 11.7 Å². The van der Waals surface area contributed by atoms with Gasteiger partial charge in [0.25, 0.3) is 11.8 Å². The van der Waals surface area contributed by atoms with Gasteiger partial charge in [0.15, 0.2) is 5.78 Å². The second-order valence-corrected chi connectivity index (χ2v) is 15.1. The minimum absolute atomic E-state index is 0.164. The van der Waals surface area contributed by atoms with Crippen LogP contribution in [0.5, 0.6) is 0 Å². The summed E-state index contributed by atoms with van der Waals surface area (Å²) in [4.78, 5) is 68.6. The van der Waals surface area contributed by atoms with Crippen molar-refractivity contribution in [1.82, 2.24) is 25.0 Å². The van der Waals surface area contributed by atoms with Crippen molar-refractivity contribution in [1.29, 1.82) is 0 Å². The number of pyridine rings is 1. The third-order valence-electron chi connectivity index (χ3n) is 11.3. The molecule has 288 valence electrons. The Hall–Kier alpha value is -5.98. The van der Waals surface area contributed by atoms with Crippen molar-refractivity contribution in [3.63, 3.8) is 0 Å². The molecular formula is C43H43FN6O6. The number of amides is 3. The zero-order valence-electron chi connectivity index (χ0n) is 31.1. The predicted octanol–water partition coefficient (Wildman–Crippen LogP) is 7.03. The Bertz CT molecular complexity index is 2240. The van der Waals surface area contributed by atoms with Crippen molar-refractivity contribution < 1.29 is 33.1 Å². The summed E-state index contributed by atoms with van der Waals surface area (Å²) >= 11 is 0. The number of halogens is 1. The van der Waals surface area contributed by atoms with Crippen LogP contribution >= 0.6 is 0 Å². The molecule has 4 aliphatic rings. The molecule has 2 aromatic heterocycles. The molecule has 3 aliphatic carbocycles. The fourth-order valence-electron chi connectivity index (χ4n) is 7.97. The first-order valence-corrected chi connectivity index (χ1v) is 19.3. The molecule has 3 fully saturated rings. The van der Waals surface area contributed by atoms with E-state index in [4.69, 9.17) is 9.84 Å². The van der Waals surface area contributed by atoms with E-state index in [1.54, 1.807) is 18.2 Å². The van der Waals surface area contributed by atoms with E-state index in [0.717, 1.165) is 53.0 Å². The fourth-order valence-corrected chi connectivity index (χ4v) is 7.97. The van der Waals surface area contributed by atoms with E-state index in [1.807, 2.05) is 54.2 Å². The highest BCUT2D eigenvalue weighted by Crippen LogP contribution is 2.47. The zero-order valence-corrected chi connectivity index (χ0v) is 31.1. The van der Waals surface area contributed by atoms with Crippen molar-refractivity contribution in [2.45, 2.75) is 82.9 Å². The van der Waals surface area contributed by atoms with Gasteiger partial charge in [0.2, 0.25) is 0 Å². The topological polar surface area (TPSA) is 153 Å². The number of imide groups is 1. The maximum atomic E-state index is 14.7. The molecule has 13 heteroatoms. The van der Waals surface area contributed by atoms with E-state index >= 15 is 0 Å². The third-order valence-corrected chi connectivity index (χ3v) is 11.3. The van der Waals surface area contributed by atoms with Crippen molar-refractivity contribution in [3.8, 4) is 11.3 Å². The number of hydrogen-bond donors (Lipinski definition) is 2. The summed E-state index contributed by atoms with van der Waals surface area (Å²) < 4.78 is 22.1. The number of rotatable bonds is 13. The molecule has 0 radical (unpaired) electrons. The van der Waals surface area contributed by atoms with Crippen LogP contribution in [0.1, 0.15) is 108 Å². The fraction of sp³-hybridized carbons (Fsp3) is 0.372. The van der Waals surface area contributed by atoms with Crippen molar-refractivity contribution in [2.75, 3.05) is 18.4 Å². The minimum atomic E-state index is -0.896. The van der Waals surface area contributed by atoms with Gasteiger partial charge in [-0.25, -0.2) is 9.18 Å². The third kappa shape index (κ3) is 7.62. The predicted molar refractivity (Wildman–Crippen MR) is 205 cm³/mol. The number of anilines is 1. The van der Waals surface area contributed by atoms with Gasteiger partial charge in [-0.2, -0.15) is 5.10 Å².